The molecule has 1 unspecified atom stereocenters. The first-order valence-electron chi connectivity index (χ1n) is 13.6. The zero-order valence-corrected chi connectivity index (χ0v) is 23.8. The van der Waals surface area contributed by atoms with Crippen molar-refractivity contribution in [2.45, 2.75) is 64.5 Å². The molecule has 3 rings (SSSR count). The van der Waals surface area contributed by atoms with Crippen molar-refractivity contribution < 1.29 is 19.2 Å². The molecule has 1 heterocycles. The molecule has 0 spiro atoms. The van der Waals surface area contributed by atoms with Crippen LogP contribution in [0.2, 0.25) is 0 Å². The summed E-state index contributed by atoms with van der Waals surface area (Å²) in [6.07, 6.45) is 1.56. The molecule has 2 amide bonds. The van der Waals surface area contributed by atoms with E-state index in [1.807, 2.05) is 44.2 Å². The highest BCUT2D eigenvalue weighted by Crippen LogP contribution is 2.34. The van der Waals surface area contributed by atoms with E-state index < -0.39 is 29.3 Å². The van der Waals surface area contributed by atoms with Crippen LogP contribution in [0.25, 0.3) is 0 Å². The number of phenols is 1. The molecule has 12 heteroatoms. The molecule has 0 aliphatic heterocycles. The Morgan fingerprint density at radius 1 is 1.12 bits per heavy atom. The van der Waals surface area contributed by atoms with Gasteiger partial charge in [0.15, 0.2) is 17.3 Å². The Morgan fingerprint density at radius 3 is 2.34 bits per heavy atom. The van der Waals surface area contributed by atoms with Crippen LogP contribution < -0.4 is 28.3 Å². The zero-order valence-electron chi connectivity index (χ0n) is 23.8. The lowest BCUT2D eigenvalue weighted by molar-refractivity contribution is -0.135. The zero-order chi connectivity index (χ0) is 30.2. The maximum Gasteiger partial charge on any atom is 0.249 e. The average molecular weight is 565 g/mol. The van der Waals surface area contributed by atoms with E-state index in [4.69, 9.17) is 27.5 Å². The lowest BCUT2D eigenvalue weighted by atomic mass is 9.75. The van der Waals surface area contributed by atoms with Gasteiger partial charge in [0.2, 0.25) is 17.7 Å². The lowest BCUT2D eigenvalue weighted by Crippen LogP contribution is -2.56. The highest BCUT2D eigenvalue weighted by Gasteiger charge is 2.48. The van der Waals surface area contributed by atoms with Gasteiger partial charge in [0.05, 0.1) is 5.92 Å². The average Bonchev–Trinajstić information content (AvgIpc) is 3.38. The molecule has 2 aromatic carbocycles. The standard InChI is InChI=1S/C29H40N8O4/c1-4-29(27(31)40,36-28(32)33)22(16-21-17(2)13-20(38)14-18(21)3)25(39)34-23(11-8-12-30)26-35-24(37-41-26)15-19-9-6-5-7-10-19/h5-7,9-10,13-14,22-23,38H,4,8,11-12,15-16,30H2,1-3H3,(H2,31,40)(H,34,39)(H4,32,33,36)/t22-,23-,29?/m1/s1. The van der Waals surface area contributed by atoms with Gasteiger partial charge < -0.3 is 37.9 Å². The molecular formula is C29H40N8O4. The van der Waals surface area contributed by atoms with Crippen molar-refractivity contribution in [1.29, 1.82) is 0 Å². The van der Waals surface area contributed by atoms with E-state index in [1.165, 1.54) is 0 Å². The fourth-order valence-electron chi connectivity index (χ4n) is 5.12. The van der Waals surface area contributed by atoms with Crippen molar-refractivity contribution in [3.63, 3.8) is 0 Å². The van der Waals surface area contributed by atoms with Crippen LogP contribution in [0.4, 0.5) is 0 Å². The van der Waals surface area contributed by atoms with E-state index in [2.05, 4.69) is 20.4 Å². The topological polar surface area (TPSA) is 222 Å². The molecule has 0 saturated heterocycles. The molecule has 10 N–H and O–H groups in total. The molecule has 12 nitrogen and oxygen atoms in total. The van der Waals surface area contributed by atoms with E-state index in [0.29, 0.717) is 31.6 Å². The number of aliphatic imine (C=N–C) groups is 1. The molecule has 41 heavy (non-hydrogen) atoms. The van der Waals surface area contributed by atoms with Gasteiger partial charge >= 0.3 is 0 Å². The molecular weight excluding hydrogens is 524 g/mol. The van der Waals surface area contributed by atoms with Crippen LogP contribution in [0.1, 0.15) is 66.2 Å². The largest absolute Gasteiger partial charge is 0.508 e. The third-order valence-corrected chi connectivity index (χ3v) is 7.28. The highest BCUT2D eigenvalue weighted by molar-refractivity contribution is 5.95. The molecule has 220 valence electrons. The predicted molar refractivity (Wildman–Crippen MR) is 156 cm³/mol. The molecule has 0 radical (unpaired) electrons. The second-order valence-corrected chi connectivity index (χ2v) is 10.2. The number of nitrogens with one attached hydrogen (secondary N) is 1. The van der Waals surface area contributed by atoms with E-state index in [-0.39, 0.29) is 30.4 Å². The Morgan fingerprint density at radius 2 is 1.78 bits per heavy atom. The summed E-state index contributed by atoms with van der Waals surface area (Å²) in [6.45, 7) is 5.69. The van der Waals surface area contributed by atoms with Crippen LogP contribution in [-0.2, 0) is 22.4 Å². The Hall–Kier alpha value is -4.45. The summed E-state index contributed by atoms with van der Waals surface area (Å²) < 4.78 is 5.57. The summed E-state index contributed by atoms with van der Waals surface area (Å²) in [6, 6.07) is 12.2. The summed E-state index contributed by atoms with van der Waals surface area (Å²) in [5.74, 6) is -2.07. The van der Waals surface area contributed by atoms with E-state index in [9.17, 15) is 14.7 Å². The second kappa shape index (κ2) is 13.8. The van der Waals surface area contributed by atoms with Crippen molar-refractivity contribution in [2.75, 3.05) is 6.54 Å². The number of amides is 2. The van der Waals surface area contributed by atoms with Gasteiger partial charge in [-0.05, 0) is 80.5 Å². The minimum atomic E-state index is -1.74. The molecule has 3 aromatic rings. The van der Waals surface area contributed by atoms with Gasteiger partial charge in [-0.2, -0.15) is 4.98 Å². The maximum absolute atomic E-state index is 14.1. The number of carbonyl (C=O) groups is 2. The van der Waals surface area contributed by atoms with Crippen molar-refractivity contribution in [1.82, 2.24) is 15.5 Å². The number of phenolic OH excluding ortho intramolecular Hbond substituents is 1. The van der Waals surface area contributed by atoms with Crippen LogP contribution in [0.5, 0.6) is 5.75 Å². The number of hydrogen-bond acceptors (Lipinski definition) is 8. The van der Waals surface area contributed by atoms with Crippen molar-refractivity contribution in [3.8, 4) is 5.75 Å². The normalized spacial score (nSPS) is 14.0. The molecule has 0 saturated carbocycles. The van der Waals surface area contributed by atoms with Gasteiger partial charge in [0, 0.05) is 6.42 Å². The molecule has 1 aromatic heterocycles. The number of rotatable bonds is 14. The van der Waals surface area contributed by atoms with Gasteiger partial charge in [-0.15, -0.1) is 0 Å². The van der Waals surface area contributed by atoms with Crippen LogP contribution in [0.15, 0.2) is 52.0 Å². The van der Waals surface area contributed by atoms with E-state index >= 15 is 0 Å². The maximum atomic E-state index is 14.1. The number of aromatic hydroxyl groups is 1. The quantitative estimate of drug-likeness (QED) is 0.123. The first kappa shape index (κ1) is 31.1. The van der Waals surface area contributed by atoms with Crippen LogP contribution in [0, 0.1) is 19.8 Å². The Kier molecular flexibility index (Phi) is 10.4. The molecule has 3 atom stereocenters. The summed E-state index contributed by atoms with van der Waals surface area (Å²) in [5.41, 5.74) is 24.6. The minimum absolute atomic E-state index is 0.0593. The van der Waals surface area contributed by atoms with Crippen LogP contribution in [-0.4, -0.2) is 45.1 Å². The van der Waals surface area contributed by atoms with Gasteiger partial charge in [-0.1, -0.05) is 42.4 Å². The third kappa shape index (κ3) is 7.60. The van der Waals surface area contributed by atoms with Crippen molar-refractivity contribution >= 4 is 17.8 Å². The Balaban J connectivity index is 2.02. The minimum Gasteiger partial charge on any atom is -0.508 e. The van der Waals surface area contributed by atoms with Gasteiger partial charge in [-0.3, -0.25) is 9.59 Å². The number of carbonyl (C=O) groups excluding carboxylic acids is 2. The Bertz CT molecular complexity index is 1350. The third-order valence-electron chi connectivity index (χ3n) is 7.28. The van der Waals surface area contributed by atoms with E-state index in [1.54, 1.807) is 19.1 Å². The number of nitrogens with two attached hydrogens (primary N) is 4. The highest BCUT2D eigenvalue weighted by atomic mass is 16.5. The number of primary amides is 1. The van der Waals surface area contributed by atoms with Gasteiger partial charge in [-0.25, -0.2) is 4.99 Å². The lowest BCUT2D eigenvalue weighted by Gasteiger charge is -2.34. The second-order valence-electron chi connectivity index (χ2n) is 10.2. The smallest absolute Gasteiger partial charge is 0.249 e. The van der Waals surface area contributed by atoms with Gasteiger partial charge in [0.1, 0.15) is 11.8 Å². The first-order chi connectivity index (χ1) is 19.5. The SMILES string of the molecule is CCC(N=C(N)N)(C(N)=O)[C@H](Cc1c(C)cc(O)cc1C)C(=O)N[C@H](CCCN)c1nc(Cc2ccccc2)no1. The summed E-state index contributed by atoms with van der Waals surface area (Å²) in [5, 5.41) is 17.1. The first-order valence-corrected chi connectivity index (χ1v) is 13.6. The predicted octanol–water partition coefficient (Wildman–Crippen LogP) is 1.65. The summed E-state index contributed by atoms with van der Waals surface area (Å²) in [7, 11) is 0. The number of benzene rings is 2. The van der Waals surface area contributed by atoms with E-state index in [0.717, 1.165) is 22.3 Å². The fraction of sp³-hybridized carbons (Fsp3) is 0.414. The number of nitrogens with zero attached hydrogens (tertiary/aromatic N) is 3. The number of aryl methyl sites for hydroxylation is 2. The monoisotopic (exact) mass is 564 g/mol. The summed E-state index contributed by atoms with van der Waals surface area (Å²) >= 11 is 0. The van der Waals surface area contributed by atoms with Crippen LogP contribution in [0.3, 0.4) is 0 Å². The molecule has 0 aliphatic rings. The van der Waals surface area contributed by atoms with Crippen LogP contribution >= 0.6 is 0 Å². The number of guanidine groups is 1. The fourth-order valence-corrected chi connectivity index (χ4v) is 5.12. The van der Waals surface area contributed by atoms with Crippen molar-refractivity contribution in [2.24, 2.45) is 33.8 Å². The molecule has 0 bridgehead atoms. The summed E-state index contributed by atoms with van der Waals surface area (Å²) in [4.78, 5) is 35.9. The molecule has 0 aliphatic carbocycles. The van der Waals surface area contributed by atoms with Gasteiger partial charge in [0.25, 0.3) is 0 Å². The number of hydrogen-bond donors (Lipinski definition) is 6. The molecule has 0 fully saturated rings. The Labute approximate surface area is 239 Å². The van der Waals surface area contributed by atoms with Crippen molar-refractivity contribution in [3.05, 3.63) is 76.4 Å². The number of aromatic nitrogens is 2.